The van der Waals surface area contributed by atoms with Gasteiger partial charge in [-0.05, 0) is 41.5 Å². The Morgan fingerprint density at radius 1 is 0.846 bits per heavy atom. The third kappa shape index (κ3) is 7.08. The van der Waals surface area contributed by atoms with Gasteiger partial charge >= 0.3 is 0 Å². The van der Waals surface area contributed by atoms with E-state index in [1.807, 2.05) is 72.8 Å². The molecule has 4 N–H and O–H groups in total. The number of benzene rings is 4. The summed E-state index contributed by atoms with van der Waals surface area (Å²) >= 11 is 0. The Labute approximate surface area is 227 Å². The third-order valence-electron chi connectivity index (χ3n) is 6.23. The number of anilines is 1. The van der Waals surface area contributed by atoms with Crippen LogP contribution in [0.25, 0.3) is 21.8 Å². The highest BCUT2D eigenvalue weighted by molar-refractivity contribution is 7.92. The summed E-state index contributed by atoms with van der Waals surface area (Å²) in [6, 6.07) is 28.9. The van der Waals surface area contributed by atoms with Gasteiger partial charge in [-0.25, -0.2) is 8.42 Å². The Bertz CT molecular complexity index is 1670. The van der Waals surface area contributed by atoms with E-state index in [0.717, 1.165) is 39.6 Å². The molecule has 0 fully saturated rings. The number of ether oxygens (including phenoxy) is 2. The van der Waals surface area contributed by atoms with Crippen molar-refractivity contribution in [3.63, 3.8) is 0 Å². The Hall–Kier alpha value is -4.05. The summed E-state index contributed by atoms with van der Waals surface area (Å²) in [5.74, 6) is 1.16. The molecule has 0 saturated heterocycles. The average Bonchev–Trinajstić information content (AvgIpc) is 3.28. The summed E-state index contributed by atoms with van der Waals surface area (Å²) in [4.78, 5) is 3.41. The fourth-order valence-corrected chi connectivity index (χ4v) is 5.02. The minimum absolute atomic E-state index is 0.276. The molecule has 0 saturated carbocycles. The first-order valence-electron chi connectivity index (χ1n) is 12.7. The van der Waals surface area contributed by atoms with E-state index in [0.29, 0.717) is 31.2 Å². The van der Waals surface area contributed by atoms with Crippen molar-refractivity contribution in [1.82, 2.24) is 10.3 Å². The van der Waals surface area contributed by atoms with Gasteiger partial charge in [0.15, 0.2) is 0 Å². The summed E-state index contributed by atoms with van der Waals surface area (Å²) in [6.45, 7) is 1.10. The van der Waals surface area contributed by atoms with E-state index in [2.05, 4.69) is 21.1 Å². The third-order valence-corrected chi connectivity index (χ3v) is 6.82. The molecule has 1 unspecified atom stereocenters. The van der Waals surface area contributed by atoms with E-state index in [-0.39, 0.29) is 6.42 Å². The van der Waals surface area contributed by atoms with Crippen LogP contribution < -0.4 is 19.5 Å². The molecule has 1 heterocycles. The number of aliphatic hydroxyl groups excluding tert-OH is 1. The Balaban J connectivity index is 1.15. The Kier molecular flexibility index (Phi) is 8.02. The van der Waals surface area contributed by atoms with Gasteiger partial charge in [-0.3, -0.25) is 10.0 Å². The molecule has 1 atom stereocenters. The minimum Gasteiger partial charge on any atom is -0.492 e. The number of hydrogen-bond donors (Lipinski definition) is 4. The second kappa shape index (κ2) is 11.8. The summed E-state index contributed by atoms with van der Waals surface area (Å²) in [7, 11) is -3.52. The van der Waals surface area contributed by atoms with E-state index in [1.165, 1.54) is 5.39 Å². The van der Waals surface area contributed by atoms with E-state index < -0.39 is 16.3 Å². The van der Waals surface area contributed by atoms with Gasteiger partial charge in [0, 0.05) is 35.3 Å². The topological polar surface area (TPSA) is 113 Å². The zero-order valence-electron chi connectivity index (χ0n) is 21.6. The molecule has 39 heavy (non-hydrogen) atoms. The Morgan fingerprint density at radius 2 is 1.62 bits per heavy atom. The van der Waals surface area contributed by atoms with Crippen molar-refractivity contribution in [2.24, 2.45) is 0 Å². The van der Waals surface area contributed by atoms with Gasteiger partial charge in [0.1, 0.15) is 30.9 Å². The number of H-pyrrole nitrogens is 1. The first-order chi connectivity index (χ1) is 18.8. The number of hydrogen-bond acceptors (Lipinski definition) is 6. The number of fused-ring (bicyclic) bond motifs is 3. The molecule has 0 radical (unpaired) electrons. The molecular weight excluding hydrogens is 514 g/mol. The summed E-state index contributed by atoms with van der Waals surface area (Å²) in [5, 5.41) is 15.9. The van der Waals surface area contributed by atoms with E-state index >= 15 is 0 Å². The van der Waals surface area contributed by atoms with Crippen LogP contribution >= 0.6 is 0 Å². The number of aliphatic hydroxyl groups is 1. The number of aromatic nitrogens is 1. The van der Waals surface area contributed by atoms with Crippen LogP contribution in [0.1, 0.15) is 11.1 Å². The quantitative estimate of drug-likeness (QED) is 0.132. The highest BCUT2D eigenvalue weighted by Crippen LogP contribution is 2.29. The number of para-hydroxylation sites is 1. The molecule has 5 rings (SSSR count). The molecule has 202 valence electrons. The normalized spacial score (nSPS) is 12.5. The predicted molar refractivity (Wildman–Crippen MR) is 155 cm³/mol. The molecular formula is C30H31N3O5S. The smallest absolute Gasteiger partial charge is 0.229 e. The zero-order chi connectivity index (χ0) is 27.2. The lowest BCUT2D eigenvalue weighted by molar-refractivity contribution is 0.130. The molecule has 5 aromatic rings. The molecule has 0 aliphatic rings. The molecule has 9 heteroatoms. The van der Waals surface area contributed by atoms with Crippen LogP contribution in [0.4, 0.5) is 5.69 Å². The first-order valence-corrected chi connectivity index (χ1v) is 14.6. The SMILES string of the molecule is CS(=O)(=O)Nc1cc(CC(O)NCCOc2ccc3c(c2)[nH]c2ccccc23)ccc1OCc1ccccc1. The maximum Gasteiger partial charge on any atom is 0.229 e. The van der Waals surface area contributed by atoms with Crippen molar-refractivity contribution in [2.45, 2.75) is 19.3 Å². The van der Waals surface area contributed by atoms with Crippen LogP contribution in [0.15, 0.2) is 91.0 Å². The summed E-state index contributed by atoms with van der Waals surface area (Å²) in [6.07, 6.45) is 0.526. The fraction of sp³-hybridized carbons (Fsp3) is 0.200. The minimum atomic E-state index is -3.52. The van der Waals surface area contributed by atoms with Crippen molar-refractivity contribution in [3.8, 4) is 11.5 Å². The van der Waals surface area contributed by atoms with Crippen LogP contribution in [0.5, 0.6) is 11.5 Å². The second-order valence-electron chi connectivity index (χ2n) is 9.38. The molecule has 0 aliphatic carbocycles. The second-order valence-corrected chi connectivity index (χ2v) is 11.1. The zero-order valence-corrected chi connectivity index (χ0v) is 22.4. The van der Waals surface area contributed by atoms with Gasteiger partial charge in [-0.15, -0.1) is 0 Å². The lowest BCUT2D eigenvalue weighted by atomic mass is 10.1. The lowest BCUT2D eigenvalue weighted by Gasteiger charge is -2.17. The van der Waals surface area contributed by atoms with Crippen molar-refractivity contribution in [1.29, 1.82) is 0 Å². The molecule has 1 aromatic heterocycles. The van der Waals surface area contributed by atoms with Gasteiger partial charge in [0.05, 0.1) is 17.5 Å². The highest BCUT2D eigenvalue weighted by Gasteiger charge is 2.13. The van der Waals surface area contributed by atoms with Gasteiger partial charge in [0.2, 0.25) is 10.0 Å². The number of rotatable bonds is 12. The summed E-state index contributed by atoms with van der Waals surface area (Å²) in [5.41, 5.74) is 4.14. The molecule has 8 nitrogen and oxygen atoms in total. The van der Waals surface area contributed by atoms with Crippen LogP contribution in [-0.4, -0.2) is 44.1 Å². The van der Waals surface area contributed by atoms with E-state index in [1.54, 1.807) is 12.1 Å². The lowest BCUT2D eigenvalue weighted by Crippen LogP contribution is -2.34. The number of aromatic amines is 1. The number of sulfonamides is 1. The molecule has 4 aromatic carbocycles. The largest absolute Gasteiger partial charge is 0.492 e. The monoisotopic (exact) mass is 545 g/mol. The highest BCUT2D eigenvalue weighted by atomic mass is 32.2. The van der Waals surface area contributed by atoms with Crippen LogP contribution in [-0.2, 0) is 23.1 Å². The van der Waals surface area contributed by atoms with Crippen molar-refractivity contribution >= 4 is 37.5 Å². The Morgan fingerprint density at radius 3 is 2.44 bits per heavy atom. The average molecular weight is 546 g/mol. The van der Waals surface area contributed by atoms with Gasteiger partial charge < -0.3 is 19.6 Å². The van der Waals surface area contributed by atoms with Gasteiger partial charge in [-0.1, -0.05) is 54.6 Å². The fourth-order valence-electron chi connectivity index (χ4n) is 4.46. The first kappa shape index (κ1) is 26.6. The van der Waals surface area contributed by atoms with Gasteiger partial charge in [0.25, 0.3) is 0 Å². The van der Waals surface area contributed by atoms with Crippen molar-refractivity contribution < 1.29 is 23.0 Å². The van der Waals surface area contributed by atoms with Crippen LogP contribution in [0, 0.1) is 0 Å². The van der Waals surface area contributed by atoms with Crippen LogP contribution in [0.3, 0.4) is 0 Å². The van der Waals surface area contributed by atoms with Crippen molar-refractivity contribution in [2.75, 3.05) is 24.1 Å². The van der Waals surface area contributed by atoms with E-state index in [4.69, 9.17) is 9.47 Å². The number of nitrogens with one attached hydrogen (secondary N) is 3. The molecule has 0 amide bonds. The van der Waals surface area contributed by atoms with Gasteiger partial charge in [-0.2, -0.15) is 0 Å². The van der Waals surface area contributed by atoms with Crippen LogP contribution in [0.2, 0.25) is 0 Å². The van der Waals surface area contributed by atoms with Crippen molar-refractivity contribution in [3.05, 3.63) is 102 Å². The molecule has 0 spiro atoms. The van der Waals surface area contributed by atoms with E-state index in [9.17, 15) is 13.5 Å². The maximum atomic E-state index is 11.9. The molecule has 0 bridgehead atoms. The maximum absolute atomic E-state index is 11.9. The molecule has 0 aliphatic heterocycles. The summed E-state index contributed by atoms with van der Waals surface area (Å²) < 4.78 is 38.1. The standard InChI is InChI=1S/C30H31N3O5S/c1-39(35,36)33-28-17-22(11-14-29(28)38-20-21-7-3-2-4-8-21)18-30(34)31-15-16-37-23-12-13-25-24-9-5-6-10-26(24)32-27(25)19-23/h2-14,17,19,30-34H,15-16,18,20H2,1H3. The predicted octanol–water partition coefficient (Wildman–Crippen LogP) is 4.80.